The lowest BCUT2D eigenvalue weighted by molar-refractivity contribution is 0.0946. The Kier molecular flexibility index (Phi) is 7.23. The lowest BCUT2D eigenvalue weighted by Gasteiger charge is -2.15. The number of benzene rings is 1. The fourth-order valence-electron chi connectivity index (χ4n) is 2.07. The van der Waals surface area contributed by atoms with Crippen molar-refractivity contribution >= 4 is 23.1 Å². The van der Waals surface area contributed by atoms with Crippen LogP contribution in [0.1, 0.15) is 55.5 Å². The molecule has 1 unspecified atom stereocenters. The number of unbranched alkanes of at least 4 members (excludes halogenated alkanes) is 1. The second-order valence-electron chi connectivity index (χ2n) is 5.07. The third kappa shape index (κ3) is 5.29. The smallest absolute Gasteiger partial charge is 0.251 e. The van der Waals surface area contributed by atoms with Gasteiger partial charge in [-0.2, -0.15) is 0 Å². The summed E-state index contributed by atoms with van der Waals surface area (Å²) in [6.07, 6.45) is 4.69. The van der Waals surface area contributed by atoms with Crippen LogP contribution in [-0.4, -0.2) is 17.4 Å². The second-order valence-corrected chi connectivity index (χ2v) is 5.51. The van der Waals surface area contributed by atoms with Crippen molar-refractivity contribution in [2.75, 3.05) is 6.54 Å². The van der Waals surface area contributed by atoms with E-state index in [0.717, 1.165) is 18.5 Å². The van der Waals surface area contributed by atoms with Crippen molar-refractivity contribution < 1.29 is 4.79 Å². The molecule has 1 rings (SSSR count). The van der Waals surface area contributed by atoms with Crippen molar-refractivity contribution in [3.05, 3.63) is 35.4 Å². The number of hydrogen-bond donors (Lipinski definition) is 2. The SMILES string of the molecule is CCCCC(CC)CNC(=O)c1ccc(C(N)=S)cc1. The van der Waals surface area contributed by atoms with Crippen LogP contribution in [0.25, 0.3) is 0 Å². The van der Waals surface area contributed by atoms with Gasteiger partial charge in [0.2, 0.25) is 0 Å². The van der Waals surface area contributed by atoms with Crippen molar-refractivity contribution in [2.45, 2.75) is 39.5 Å². The zero-order valence-corrected chi connectivity index (χ0v) is 13.1. The van der Waals surface area contributed by atoms with Crippen LogP contribution in [0.3, 0.4) is 0 Å². The molecule has 4 heteroatoms. The molecule has 0 bridgehead atoms. The number of carbonyl (C=O) groups excluding carboxylic acids is 1. The van der Waals surface area contributed by atoms with E-state index in [1.54, 1.807) is 24.3 Å². The molecule has 3 nitrogen and oxygen atoms in total. The van der Waals surface area contributed by atoms with E-state index >= 15 is 0 Å². The van der Waals surface area contributed by atoms with Gasteiger partial charge in [0.1, 0.15) is 4.99 Å². The van der Waals surface area contributed by atoms with Crippen LogP contribution in [0.2, 0.25) is 0 Å². The third-order valence-corrected chi connectivity index (χ3v) is 3.76. The third-order valence-electron chi connectivity index (χ3n) is 3.53. The maximum atomic E-state index is 12.0. The van der Waals surface area contributed by atoms with Gasteiger partial charge in [-0.3, -0.25) is 4.79 Å². The molecule has 1 aromatic rings. The minimum atomic E-state index is -0.0329. The van der Waals surface area contributed by atoms with Crippen LogP contribution in [0, 0.1) is 5.92 Å². The van der Waals surface area contributed by atoms with E-state index in [1.165, 1.54) is 19.3 Å². The van der Waals surface area contributed by atoms with E-state index in [0.29, 0.717) is 16.5 Å². The standard InChI is InChI=1S/C16H24N2OS/c1-3-5-6-12(4-2)11-18-16(19)14-9-7-13(8-10-14)15(17)20/h7-10,12H,3-6,11H2,1-2H3,(H2,17,20)(H,18,19). The number of rotatable bonds is 8. The van der Waals surface area contributed by atoms with Gasteiger partial charge >= 0.3 is 0 Å². The van der Waals surface area contributed by atoms with Crippen LogP contribution < -0.4 is 11.1 Å². The number of hydrogen-bond acceptors (Lipinski definition) is 2. The molecule has 0 aliphatic heterocycles. The zero-order chi connectivity index (χ0) is 15.0. The topological polar surface area (TPSA) is 55.1 Å². The zero-order valence-electron chi connectivity index (χ0n) is 12.3. The number of nitrogens with one attached hydrogen (secondary N) is 1. The van der Waals surface area contributed by atoms with Crippen LogP contribution in [0.15, 0.2) is 24.3 Å². The molecule has 0 spiro atoms. The number of thiocarbonyl (C=S) groups is 1. The van der Waals surface area contributed by atoms with Crippen molar-refractivity contribution in [1.29, 1.82) is 0 Å². The Bertz CT molecular complexity index is 442. The van der Waals surface area contributed by atoms with E-state index in [1.807, 2.05) is 0 Å². The van der Waals surface area contributed by atoms with E-state index in [9.17, 15) is 4.79 Å². The summed E-state index contributed by atoms with van der Waals surface area (Å²) in [5.74, 6) is 0.532. The quantitative estimate of drug-likeness (QED) is 0.723. The molecule has 20 heavy (non-hydrogen) atoms. The van der Waals surface area contributed by atoms with Crippen molar-refractivity contribution in [3.8, 4) is 0 Å². The normalized spacial score (nSPS) is 11.9. The van der Waals surface area contributed by atoms with Gasteiger partial charge in [0, 0.05) is 17.7 Å². The molecule has 0 aliphatic rings. The molecule has 1 amide bonds. The Morgan fingerprint density at radius 2 is 1.85 bits per heavy atom. The largest absolute Gasteiger partial charge is 0.389 e. The molecule has 0 radical (unpaired) electrons. The summed E-state index contributed by atoms with van der Waals surface area (Å²) in [5.41, 5.74) is 6.97. The molecule has 0 heterocycles. The molecule has 0 saturated heterocycles. The highest BCUT2D eigenvalue weighted by atomic mass is 32.1. The highest BCUT2D eigenvalue weighted by molar-refractivity contribution is 7.80. The first kappa shape index (κ1) is 16.6. The lowest BCUT2D eigenvalue weighted by Crippen LogP contribution is -2.29. The van der Waals surface area contributed by atoms with Gasteiger partial charge in [-0.1, -0.05) is 57.5 Å². The van der Waals surface area contributed by atoms with E-state index < -0.39 is 0 Å². The first-order chi connectivity index (χ1) is 9.58. The molecule has 0 aromatic heterocycles. The van der Waals surface area contributed by atoms with E-state index in [2.05, 4.69) is 19.2 Å². The Morgan fingerprint density at radius 3 is 2.35 bits per heavy atom. The molecule has 0 fully saturated rings. The summed E-state index contributed by atoms with van der Waals surface area (Å²) in [6, 6.07) is 7.09. The fourth-order valence-corrected chi connectivity index (χ4v) is 2.20. The monoisotopic (exact) mass is 292 g/mol. The van der Waals surface area contributed by atoms with Crippen molar-refractivity contribution in [2.24, 2.45) is 11.7 Å². The Hall–Kier alpha value is -1.42. The number of nitrogens with two attached hydrogens (primary N) is 1. The molecule has 0 aliphatic carbocycles. The van der Waals surface area contributed by atoms with Gasteiger partial charge in [-0.05, 0) is 24.5 Å². The lowest BCUT2D eigenvalue weighted by atomic mass is 9.99. The Labute approximate surface area is 126 Å². The second kappa shape index (κ2) is 8.69. The minimum Gasteiger partial charge on any atom is -0.389 e. The Balaban J connectivity index is 2.51. The predicted molar refractivity (Wildman–Crippen MR) is 88.0 cm³/mol. The van der Waals surface area contributed by atoms with Gasteiger partial charge in [-0.15, -0.1) is 0 Å². The summed E-state index contributed by atoms with van der Waals surface area (Å²) >= 11 is 4.89. The van der Waals surface area contributed by atoms with Gasteiger partial charge in [0.05, 0.1) is 0 Å². The van der Waals surface area contributed by atoms with Crippen LogP contribution >= 0.6 is 12.2 Å². The van der Waals surface area contributed by atoms with Crippen molar-refractivity contribution in [1.82, 2.24) is 5.32 Å². The predicted octanol–water partition coefficient (Wildman–Crippen LogP) is 3.27. The number of amides is 1. The molecular weight excluding hydrogens is 268 g/mol. The van der Waals surface area contributed by atoms with Crippen LogP contribution in [0.5, 0.6) is 0 Å². The molecule has 110 valence electrons. The average Bonchev–Trinajstić information content (AvgIpc) is 2.47. The van der Waals surface area contributed by atoms with Gasteiger partial charge in [-0.25, -0.2) is 0 Å². The van der Waals surface area contributed by atoms with Crippen molar-refractivity contribution in [3.63, 3.8) is 0 Å². The van der Waals surface area contributed by atoms with Gasteiger partial charge in [0.25, 0.3) is 5.91 Å². The Morgan fingerprint density at radius 1 is 1.25 bits per heavy atom. The summed E-state index contributed by atoms with van der Waals surface area (Å²) in [7, 11) is 0. The van der Waals surface area contributed by atoms with Gasteiger partial charge < -0.3 is 11.1 Å². The summed E-state index contributed by atoms with van der Waals surface area (Å²) < 4.78 is 0. The molecule has 1 atom stereocenters. The fraction of sp³-hybridized carbons (Fsp3) is 0.500. The highest BCUT2D eigenvalue weighted by Crippen LogP contribution is 2.12. The number of carbonyl (C=O) groups is 1. The summed E-state index contributed by atoms with van der Waals surface area (Å²) in [5, 5.41) is 3.00. The van der Waals surface area contributed by atoms with Gasteiger partial charge in [0.15, 0.2) is 0 Å². The molecule has 1 aromatic carbocycles. The highest BCUT2D eigenvalue weighted by Gasteiger charge is 2.10. The molecular formula is C16H24N2OS. The maximum absolute atomic E-state index is 12.0. The molecule has 0 saturated carbocycles. The maximum Gasteiger partial charge on any atom is 0.251 e. The van der Waals surface area contributed by atoms with Crippen LogP contribution in [-0.2, 0) is 0 Å². The summed E-state index contributed by atoms with van der Waals surface area (Å²) in [6.45, 7) is 5.10. The average molecular weight is 292 g/mol. The summed E-state index contributed by atoms with van der Waals surface area (Å²) in [4.78, 5) is 12.4. The first-order valence-corrected chi connectivity index (χ1v) is 7.67. The first-order valence-electron chi connectivity index (χ1n) is 7.26. The molecule has 3 N–H and O–H groups in total. The van der Waals surface area contributed by atoms with E-state index in [4.69, 9.17) is 18.0 Å². The van der Waals surface area contributed by atoms with E-state index in [-0.39, 0.29) is 5.91 Å². The minimum absolute atomic E-state index is 0.0329. The van der Waals surface area contributed by atoms with Crippen LogP contribution in [0.4, 0.5) is 0 Å².